The van der Waals surface area contributed by atoms with E-state index in [0.717, 1.165) is 30.6 Å². The van der Waals surface area contributed by atoms with Crippen molar-refractivity contribution < 1.29 is 19.1 Å². The molecule has 1 aliphatic heterocycles. The van der Waals surface area contributed by atoms with E-state index in [0.29, 0.717) is 18.7 Å². The molecule has 0 aromatic heterocycles. The highest BCUT2D eigenvalue weighted by Crippen LogP contribution is 2.25. The second kappa shape index (κ2) is 8.52. The van der Waals surface area contributed by atoms with E-state index < -0.39 is 0 Å². The molecular formula is C21H23NO4. The summed E-state index contributed by atoms with van der Waals surface area (Å²) >= 11 is 0. The summed E-state index contributed by atoms with van der Waals surface area (Å²) in [6, 6.07) is 17.0. The molecule has 0 bridgehead atoms. The summed E-state index contributed by atoms with van der Waals surface area (Å²) in [6.07, 6.45) is 1.73. The molecule has 1 fully saturated rings. The first-order chi connectivity index (χ1) is 12.7. The van der Waals surface area contributed by atoms with Crippen LogP contribution in [0.15, 0.2) is 54.6 Å². The Labute approximate surface area is 153 Å². The lowest BCUT2D eigenvalue weighted by Crippen LogP contribution is -2.39. The molecule has 2 aromatic carbocycles. The van der Waals surface area contributed by atoms with Gasteiger partial charge in [0.05, 0.1) is 18.6 Å². The molecule has 136 valence electrons. The Balaban J connectivity index is 1.62. The van der Waals surface area contributed by atoms with Gasteiger partial charge in [-0.15, -0.1) is 0 Å². The molecule has 0 saturated carbocycles. The standard InChI is InChI=1S/C21H23NO4/c1-25-20(23)17-9-5-11-19(13-17)22-12-6-10-18(14-22)21(24)26-15-16-7-3-2-4-8-16/h2-5,7-9,11,13,18H,6,10,12,14-15H2,1H3. The average molecular weight is 353 g/mol. The van der Waals surface area contributed by atoms with Crippen molar-refractivity contribution in [1.82, 2.24) is 0 Å². The minimum Gasteiger partial charge on any atom is -0.465 e. The first-order valence-corrected chi connectivity index (χ1v) is 8.81. The zero-order valence-corrected chi connectivity index (χ0v) is 14.9. The maximum absolute atomic E-state index is 12.4. The third-order valence-electron chi connectivity index (χ3n) is 4.61. The van der Waals surface area contributed by atoms with Gasteiger partial charge in [0, 0.05) is 18.8 Å². The molecule has 5 heteroatoms. The lowest BCUT2D eigenvalue weighted by atomic mass is 9.97. The second-order valence-electron chi connectivity index (χ2n) is 6.42. The highest BCUT2D eigenvalue weighted by molar-refractivity contribution is 5.90. The molecule has 0 amide bonds. The number of esters is 2. The second-order valence-corrected chi connectivity index (χ2v) is 6.42. The number of rotatable bonds is 5. The average Bonchev–Trinajstić information content (AvgIpc) is 2.72. The molecule has 1 saturated heterocycles. The number of nitrogens with zero attached hydrogens (tertiary/aromatic N) is 1. The highest BCUT2D eigenvalue weighted by Gasteiger charge is 2.27. The van der Waals surface area contributed by atoms with E-state index in [9.17, 15) is 9.59 Å². The molecule has 0 N–H and O–H groups in total. The van der Waals surface area contributed by atoms with Gasteiger partial charge >= 0.3 is 11.9 Å². The van der Waals surface area contributed by atoms with Crippen molar-refractivity contribution in [2.45, 2.75) is 19.4 Å². The number of carbonyl (C=O) groups is 2. The SMILES string of the molecule is COC(=O)c1cccc(N2CCCC(C(=O)OCc3ccccc3)C2)c1. The Morgan fingerprint density at radius 3 is 2.69 bits per heavy atom. The van der Waals surface area contributed by atoms with Crippen LogP contribution in [-0.4, -0.2) is 32.1 Å². The Morgan fingerprint density at radius 1 is 1.12 bits per heavy atom. The number of hydrogen-bond donors (Lipinski definition) is 0. The molecule has 26 heavy (non-hydrogen) atoms. The number of ether oxygens (including phenoxy) is 2. The molecule has 3 rings (SSSR count). The zero-order valence-electron chi connectivity index (χ0n) is 14.9. The number of methoxy groups -OCH3 is 1. The van der Waals surface area contributed by atoms with Crippen LogP contribution < -0.4 is 4.90 Å². The van der Waals surface area contributed by atoms with Gasteiger partial charge in [0.2, 0.25) is 0 Å². The third-order valence-corrected chi connectivity index (χ3v) is 4.61. The molecular weight excluding hydrogens is 330 g/mol. The third kappa shape index (κ3) is 4.42. The first kappa shape index (κ1) is 18.0. The molecule has 0 aliphatic carbocycles. The van der Waals surface area contributed by atoms with Crippen molar-refractivity contribution in [1.29, 1.82) is 0 Å². The Hall–Kier alpha value is -2.82. The van der Waals surface area contributed by atoms with Gasteiger partial charge < -0.3 is 14.4 Å². The summed E-state index contributed by atoms with van der Waals surface area (Å²) in [5.41, 5.74) is 2.42. The number of carbonyl (C=O) groups excluding carboxylic acids is 2. The van der Waals surface area contributed by atoms with Crippen LogP contribution in [-0.2, 0) is 20.9 Å². The topological polar surface area (TPSA) is 55.8 Å². The van der Waals surface area contributed by atoms with Gasteiger partial charge in [0.15, 0.2) is 0 Å². The van der Waals surface area contributed by atoms with E-state index in [1.165, 1.54) is 7.11 Å². The van der Waals surface area contributed by atoms with Crippen LogP contribution in [0.25, 0.3) is 0 Å². The van der Waals surface area contributed by atoms with Crippen molar-refractivity contribution >= 4 is 17.6 Å². The molecule has 1 atom stereocenters. The molecule has 0 radical (unpaired) electrons. The van der Waals surface area contributed by atoms with Crippen LogP contribution in [0, 0.1) is 5.92 Å². The van der Waals surface area contributed by atoms with Gasteiger partial charge in [-0.2, -0.15) is 0 Å². The van der Waals surface area contributed by atoms with Crippen molar-refractivity contribution in [3.63, 3.8) is 0 Å². The van der Waals surface area contributed by atoms with Gasteiger partial charge in [-0.05, 0) is 36.6 Å². The highest BCUT2D eigenvalue weighted by atomic mass is 16.5. The Bertz CT molecular complexity index is 760. The number of hydrogen-bond acceptors (Lipinski definition) is 5. The maximum atomic E-state index is 12.4. The largest absolute Gasteiger partial charge is 0.465 e. The molecule has 1 aliphatic rings. The molecule has 0 spiro atoms. The van der Waals surface area contributed by atoms with E-state index in [4.69, 9.17) is 9.47 Å². The number of piperidine rings is 1. The van der Waals surface area contributed by atoms with Crippen LogP contribution in [0.4, 0.5) is 5.69 Å². The lowest BCUT2D eigenvalue weighted by molar-refractivity contribution is -0.150. The van der Waals surface area contributed by atoms with E-state index in [1.54, 1.807) is 6.07 Å². The van der Waals surface area contributed by atoms with E-state index in [1.807, 2.05) is 48.5 Å². The Kier molecular flexibility index (Phi) is 5.89. The van der Waals surface area contributed by atoms with Gasteiger partial charge in [0.1, 0.15) is 6.61 Å². The minimum absolute atomic E-state index is 0.158. The maximum Gasteiger partial charge on any atom is 0.337 e. The zero-order chi connectivity index (χ0) is 18.4. The van der Waals surface area contributed by atoms with E-state index >= 15 is 0 Å². The quantitative estimate of drug-likeness (QED) is 0.771. The fraction of sp³-hybridized carbons (Fsp3) is 0.333. The van der Waals surface area contributed by atoms with Gasteiger partial charge in [-0.1, -0.05) is 36.4 Å². The van der Waals surface area contributed by atoms with Gasteiger partial charge in [-0.25, -0.2) is 4.79 Å². The summed E-state index contributed by atoms with van der Waals surface area (Å²) in [5.74, 6) is -0.681. The van der Waals surface area contributed by atoms with Gasteiger partial charge in [-0.3, -0.25) is 4.79 Å². The predicted octanol–water partition coefficient (Wildman–Crippen LogP) is 3.43. The smallest absolute Gasteiger partial charge is 0.337 e. The van der Waals surface area contributed by atoms with Crippen LogP contribution in [0.3, 0.4) is 0 Å². The van der Waals surface area contributed by atoms with Crippen molar-refractivity contribution in [3.05, 3.63) is 65.7 Å². The summed E-state index contributed by atoms with van der Waals surface area (Å²) in [5, 5.41) is 0. The Morgan fingerprint density at radius 2 is 1.92 bits per heavy atom. The van der Waals surface area contributed by atoms with Crippen molar-refractivity contribution in [2.75, 3.05) is 25.1 Å². The first-order valence-electron chi connectivity index (χ1n) is 8.81. The number of benzene rings is 2. The fourth-order valence-electron chi connectivity index (χ4n) is 3.20. The van der Waals surface area contributed by atoms with E-state index in [2.05, 4.69) is 4.90 Å². The molecule has 5 nitrogen and oxygen atoms in total. The van der Waals surface area contributed by atoms with Gasteiger partial charge in [0.25, 0.3) is 0 Å². The number of anilines is 1. The summed E-state index contributed by atoms with van der Waals surface area (Å²) in [7, 11) is 1.37. The summed E-state index contributed by atoms with van der Waals surface area (Å²) in [4.78, 5) is 26.3. The molecule has 2 aromatic rings. The van der Waals surface area contributed by atoms with Crippen LogP contribution in [0.5, 0.6) is 0 Å². The molecule has 1 heterocycles. The summed E-state index contributed by atoms with van der Waals surface area (Å²) in [6.45, 7) is 1.75. The van der Waals surface area contributed by atoms with Crippen LogP contribution in [0.2, 0.25) is 0 Å². The fourth-order valence-corrected chi connectivity index (χ4v) is 3.20. The lowest BCUT2D eigenvalue weighted by Gasteiger charge is -2.33. The van der Waals surface area contributed by atoms with E-state index in [-0.39, 0.29) is 17.9 Å². The van der Waals surface area contributed by atoms with Crippen LogP contribution in [0.1, 0.15) is 28.8 Å². The van der Waals surface area contributed by atoms with Crippen molar-refractivity contribution in [3.8, 4) is 0 Å². The molecule has 1 unspecified atom stereocenters. The van der Waals surface area contributed by atoms with Crippen molar-refractivity contribution in [2.24, 2.45) is 5.92 Å². The minimum atomic E-state index is -0.359. The normalized spacial score (nSPS) is 16.8. The summed E-state index contributed by atoms with van der Waals surface area (Å²) < 4.78 is 10.3. The van der Waals surface area contributed by atoms with Crippen LogP contribution >= 0.6 is 0 Å². The predicted molar refractivity (Wildman–Crippen MR) is 99.0 cm³/mol. The monoisotopic (exact) mass is 353 g/mol.